The molecule has 2 aromatic rings. The predicted molar refractivity (Wildman–Crippen MR) is 51.1 cm³/mol. The molecule has 2 heterocycles. The van der Waals surface area contributed by atoms with Crippen LogP contribution in [0, 0.1) is 0 Å². The third-order valence-corrected chi connectivity index (χ3v) is 2.13. The molecule has 0 aliphatic rings. The summed E-state index contributed by atoms with van der Waals surface area (Å²) in [7, 11) is 0. The first-order valence-corrected chi connectivity index (χ1v) is 4.61. The second-order valence-electron chi connectivity index (χ2n) is 2.46. The van der Waals surface area contributed by atoms with Gasteiger partial charge < -0.3 is 4.57 Å². The van der Waals surface area contributed by atoms with Crippen LogP contribution in [-0.4, -0.2) is 25.4 Å². The molecule has 0 unspecified atom stereocenters. The Hall–Kier alpha value is -0.870. The van der Waals surface area contributed by atoms with E-state index >= 15 is 0 Å². The van der Waals surface area contributed by atoms with Gasteiger partial charge in [-0.15, -0.1) is 11.6 Å². The van der Waals surface area contributed by atoms with Crippen LogP contribution in [0.1, 0.15) is 0 Å². The third kappa shape index (κ3) is 1.47. The summed E-state index contributed by atoms with van der Waals surface area (Å²) in [5.74, 6) is 0.521. The van der Waals surface area contributed by atoms with Crippen LogP contribution >= 0.6 is 23.2 Å². The smallest absolute Gasteiger partial charge is 0.164 e. The molecule has 0 amide bonds. The van der Waals surface area contributed by atoms with Crippen LogP contribution in [0.3, 0.4) is 0 Å². The standard InChI is InChI=1S/C7H6Cl2N4/c8-1-2-13-4-12-5-6(9)10-3-11-7(5)13/h3-4H,1-2H2. The average molecular weight is 217 g/mol. The number of aryl methyl sites for hydroxylation is 1. The van der Waals surface area contributed by atoms with Crippen molar-refractivity contribution in [3.05, 3.63) is 17.8 Å². The van der Waals surface area contributed by atoms with Crippen LogP contribution < -0.4 is 0 Å². The summed E-state index contributed by atoms with van der Waals surface area (Å²) in [4.78, 5) is 12.0. The molecule has 0 saturated carbocycles. The number of rotatable bonds is 2. The molecule has 2 aromatic heterocycles. The molecule has 0 bridgehead atoms. The Morgan fingerprint density at radius 2 is 2.15 bits per heavy atom. The number of nitrogens with zero attached hydrogens (tertiary/aromatic N) is 4. The van der Waals surface area contributed by atoms with Gasteiger partial charge in [0.25, 0.3) is 0 Å². The second-order valence-corrected chi connectivity index (χ2v) is 3.20. The number of fused-ring (bicyclic) bond motifs is 1. The van der Waals surface area contributed by atoms with Gasteiger partial charge in [0, 0.05) is 12.4 Å². The van der Waals surface area contributed by atoms with Gasteiger partial charge in [-0.25, -0.2) is 15.0 Å². The SMILES string of the molecule is ClCCn1cnc2c(Cl)ncnc21. The molecule has 68 valence electrons. The summed E-state index contributed by atoms with van der Waals surface area (Å²) < 4.78 is 1.84. The van der Waals surface area contributed by atoms with E-state index in [2.05, 4.69) is 15.0 Å². The summed E-state index contributed by atoms with van der Waals surface area (Å²) in [5.41, 5.74) is 1.34. The van der Waals surface area contributed by atoms with Crippen molar-refractivity contribution in [3.63, 3.8) is 0 Å². The van der Waals surface area contributed by atoms with E-state index in [0.717, 1.165) is 5.65 Å². The van der Waals surface area contributed by atoms with Crippen LogP contribution in [-0.2, 0) is 6.54 Å². The van der Waals surface area contributed by atoms with Gasteiger partial charge in [-0.2, -0.15) is 0 Å². The Morgan fingerprint density at radius 1 is 1.31 bits per heavy atom. The summed E-state index contributed by atoms with van der Waals surface area (Å²) >= 11 is 11.4. The lowest BCUT2D eigenvalue weighted by Gasteiger charge is -1.98. The highest BCUT2D eigenvalue weighted by Gasteiger charge is 2.06. The molecule has 4 nitrogen and oxygen atoms in total. The highest BCUT2D eigenvalue weighted by atomic mass is 35.5. The molecule has 0 aliphatic heterocycles. The lowest BCUT2D eigenvalue weighted by Crippen LogP contribution is -1.98. The Labute approximate surface area is 84.5 Å². The average Bonchev–Trinajstić information content (AvgIpc) is 2.51. The zero-order valence-electron chi connectivity index (χ0n) is 6.61. The summed E-state index contributed by atoms with van der Waals surface area (Å²) in [5, 5.41) is 0.373. The van der Waals surface area contributed by atoms with E-state index in [4.69, 9.17) is 23.2 Å². The lowest BCUT2D eigenvalue weighted by molar-refractivity contribution is 0.783. The fraction of sp³-hybridized carbons (Fsp3) is 0.286. The van der Waals surface area contributed by atoms with Crippen molar-refractivity contribution in [1.29, 1.82) is 0 Å². The molecule has 0 aromatic carbocycles. The Morgan fingerprint density at radius 3 is 2.92 bits per heavy atom. The molecule has 0 atom stereocenters. The predicted octanol–water partition coefficient (Wildman–Crippen LogP) is 1.72. The largest absolute Gasteiger partial charge is 0.314 e. The molecule has 0 N–H and O–H groups in total. The Kier molecular flexibility index (Phi) is 2.33. The molecule has 0 aliphatic carbocycles. The van der Waals surface area contributed by atoms with Gasteiger partial charge in [-0.05, 0) is 0 Å². The van der Waals surface area contributed by atoms with Crippen molar-refractivity contribution in [2.45, 2.75) is 6.54 Å². The summed E-state index contributed by atoms with van der Waals surface area (Å²) in [6.45, 7) is 0.672. The van der Waals surface area contributed by atoms with Crippen LogP contribution in [0.2, 0.25) is 5.15 Å². The minimum Gasteiger partial charge on any atom is -0.314 e. The zero-order chi connectivity index (χ0) is 9.26. The molecule has 0 saturated heterocycles. The van der Waals surface area contributed by atoms with Gasteiger partial charge in [0.2, 0.25) is 0 Å². The van der Waals surface area contributed by atoms with Crippen LogP contribution in [0.5, 0.6) is 0 Å². The molecular weight excluding hydrogens is 211 g/mol. The maximum absolute atomic E-state index is 5.81. The van der Waals surface area contributed by atoms with Crippen molar-refractivity contribution in [2.24, 2.45) is 0 Å². The number of halogens is 2. The van der Waals surface area contributed by atoms with Gasteiger partial charge in [-0.1, -0.05) is 11.6 Å². The third-order valence-electron chi connectivity index (χ3n) is 1.68. The molecule has 0 fully saturated rings. The maximum Gasteiger partial charge on any atom is 0.164 e. The first kappa shape index (κ1) is 8.72. The van der Waals surface area contributed by atoms with Crippen LogP contribution in [0.15, 0.2) is 12.7 Å². The van der Waals surface area contributed by atoms with E-state index in [1.165, 1.54) is 6.33 Å². The first-order chi connectivity index (χ1) is 6.33. The quantitative estimate of drug-likeness (QED) is 0.568. The second kappa shape index (κ2) is 3.47. The normalized spacial score (nSPS) is 10.9. The maximum atomic E-state index is 5.81. The molecular formula is C7H6Cl2N4. The van der Waals surface area contributed by atoms with E-state index in [0.29, 0.717) is 23.1 Å². The van der Waals surface area contributed by atoms with Gasteiger partial charge in [0.1, 0.15) is 11.8 Å². The van der Waals surface area contributed by atoms with Crippen molar-refractivity contribution in [1.82, 2.24) is 19.5 Å². The van der Waals surface area contributed by atoms with E-state index in [1.807, 2.05) is 4.57 Å². The molecule has 2 rings (SSSR count). The zero-order valence-corrected chi connectivity index (χ0v) is 8.13. The fourth-order valence-electron chi connectivity index (χ4n) is 1.11. The van der Waals surface area contributed by atoms with Crippen molar-refractivity contribution >= 4 is 34.4 Å². The van der Waals surface area contributed by atoms with E-state index in [9.17, 15) is 0 Å². The minimum absolute atomic E-state index is 0.373. The van der Waals surface area contributed by atoms with Gasteiger partial charge in [0.05, 0.1) is 6.33 Å². The van der Waals surface area contributed by atoms with Crippen molar-refractivity contribution < 1.29 is 0 Å². The lowest BCUT2D eigenvalue weighted by atomic mass is 10.5. The number of hydrogen-bond donors (Lipinski definition) is 0. The number of aromatic nitrogens is 4. The highest BCUT2D eigenvalue weighted by Crippen LogP contribution is 2.16. The Balaban J connectivity index is 2.61. The van der Waals surface area contributed by atoms with E-state index in [1.54, 1.807) is 6.33 Å². The van der Waals surface area contributed by atoms with Crippen molar-refractivity contribution in [3.8, 4) is 0 Å². The number of hydrogen-bond acceptors (Lipinski definition) is 3. The van der Waals surface area contributed by atoms with Gasteiger partial charge in [0.15, 0.2) is 10.8 Å². The summed E-state index contributed by atoms with van der Waals surface area (Å²) in [6.07, 6.45) is 3.07. The monoisotopic (exact) mass is 216 g/mol. The molecule has 6 heteroatoms. The first-order valence-electron chi connectivity index (χ1n) is 3.70. The minimum atomic E-state index is 0.373. The highest BCUT2D eigenvalue weighted by molar-refractivity contribution is 6.33. The number of imidazole rings is 1. The van der Waals surface area contributed by atoms with E-state index in [-0.39, 0.29) is 0 Å². The number of alkyl halides is 1. The van der Waals surface area contributed by atoms with Gasteiger partial charge in [-0.3, -0.25) is 0 Å². The van der Waals surface area contributed by atoms with Crippen molar-refractivity contribution in [2.75, 3.05) is 5.88 Å². The topological polar surface area (TPSA) is 43.6 Å². The molecule has 0 spiro atoms. The Bertz CT molecular complexity index is 425. The van der Waals surface area contributed by atoms with Crippen LogP contribution in [0.25, 0.3) is 11.2 Å². The van der Waals surface area contributed by atoms with Gasteiger partial charge >= 0.3 is 0 Å². The van der Waals surface area contributed by atoms with E-state index < -0.39 is 0 Å². The molecule has 0 radical (unpaired) electrons. The fourth-order valence-corrected chi connectivity index (χ4v) is 1.47. The summed E-state index contributed by atoms with van der Waals surface area (Å²) in [6, 6.07) is 0. The van der Waals surface area contributed by atoms with Crippen LogP contribution in [0.4, 0.5) is 0 Å². The molecule has 13 heavy (non-hydrogen) atoms.